The molecule has 0 radical (unpaired) electrons. The second kappa shape index (κ2) is 8.62. The first-order valence-corrected chi connectivity index (χ1v) is 8.87. The molecular formula is C19H24N4O3. The summed E-state index contributed by atoms with van der Waals surface area (Å²) in [5.41, 5.74) is 1.85. The first-order valence-electron chi connectivity index (χ1n) is 8.87. The van der Waals surface area contributed by atoms with Crippen molar-refractivity contribution in [2.24, 2.45) is 0 Å². The van der Waals surface area contributed by atoms with Gasteiger partial charge in [0, 0.05) is 46.0 Å². The Bertz CT molecular complexity index is 757. The van der Waals surface area contributed by atoms with Gasteiger partial charge in [0.2, 0.25) is 0 Å². The topological polar surface area (TPSA) is 76.5 Å². The van der Waals surface area contributed by atoms with Gasteiger partial charge in [-0.1, -0.05) is 30.3 Å². The molecule has 1 aliphatic rings. The van der Waals surface area contributed by atoms with Crippen molar-refractivity contribution in [3.8, 4) is 0 Å². The number of amides is 2. The predicted octanol–water partition coefficient (Wildman–Crippen LogP) is 1.70. The van der Waals surface area contributed by atoms with Crippen LogP contribution in [-0.4, -0.2) is 53.3 Å². The van der Waals surface area contributed by atoms with Crippen molar-refractivity contribution < 1.29 is 14.3 Å². The lowest BCUT2D eigenvalue weighted by molar-refractivity contribution is 0.0745. The van der Waals surface area contributed by atoms with Crippen LogP contribution in [-0.2, 0) is 17.8 Å². The molecule has 2 aromatic rings. The molecule has 3 rings (SSSR count). The van der Waals surface area contributed by atoms with Gasteiger partial charge in [0.05, 0.1) is 0 Å². The minimum atomic E-state index is -0.260. The Morgan fingerprint density at radius 3 is 2.85 bits per heavy atom. The molecule has 7 heteroatoms. The fourth-order valence-electron chi connectivity index (χ4n) is 3.01. The van der Waals surface area contributed by atoms with Gasteiger partial charge >= 0.3 is 0 Å². The summed E-state index contributed by atoms with van der Waals surface area (Å²) < 4.78 is 6.61. The molecule has 0 spiro atoms. The molecular weight excluding hydrogens is 332 g/mol. The number of carbonyl (C=O) groups excluding carboxylic acids is 2. The molecule has 0 fully saturated rings. The summed E-state index contributed by atoms with van der Waals surface area (Å²) in [4.78, 5) is 26.9. The van der Waals surface area contributed by atoms with Gasteiger partial charge in [-0.15, -0.1) is 0 Å². The second-order valence-electron chi connectivity index (χ2n) is 6.31. The number of hydrogen-bond acceptors (Lipinski definition) is 4. The Morgan fingerprint density at radius 1 is 1.27 bits per heavy atom. The summed E-state index contributed by atoms with van der Waals surface area (Å²) in [5.74, 6) is -0.346. The van der Waals surface area contributed by atoms with Crippen LogP contribution in [0.3, 0.4) is 0 Å². The van der Waals surface area contributed by atoms with Crippen LogP contribution in [0.2, 0.25) is 0 Å². The van der Waals surface area contributed by atoms with E-state index in [0.717, 1.165) is 18.4 Å². The maximum atomic E-state index is 12.9. The molecule has 0 unspecified atom stereocenters. The van der Waals surface area contributed by atoms with E-state index in [1.54, 1.807) is 17.9 Å². The van der Waals surface area contributed by atoms with E-state index < -0.39 is 0 Å². The summed E-state index contributed by atoms with van der Waals surface area (Å²) in [6, 6.07) is 11.5. The monoisotopic (exact) mass is 356 g/mol. The maximum Gasteiger partial charge on any atom is 0.272 e. The minimum Gasteiger partial charge on any atom is -0.385 e. The Balaban J connectivity index is 1.69. The number of hydrogen-bond donors (Lipinski definition) is 1. The van der Waals surface area contributed by atoms with Crippen LogP contribution < -0.4 is 5.32 Å². The van der Waals surface area contributed by atoms with Crippen molar-refractivity contribution in [1.29, 1.82) is 0 Å². The van der Waals surface area contributed by atoms with Crippen molar-refractivity contribution in [2.45, 2.75) is 25.9 Å². The molecule has 7 nitrogen and oxygen atoms in total. The highest BCUT2D eigenvalue weighted by Crippen LogP contribution is 2.16. The van der Waals surface area contributed by atoms with E-state index >= 15 is 0 Å². The molecule has 1 aromatic heterocycles. The van der Waals surface area contributed by atoms with Crippen molar-refractivity contribution in [1.82, 2.24) is 20.0 Å². The summed E-state index contributed by atoms with van der Waals surface area (Å²) in [7, 11) is 1.63. The van der Waals surface area contributed by atoms with E-state index in [1.165, 1.54) is 0 Å². The Kier molecular flexibility index (Phi) is 6.01. The molecule has 0 saturated carbocycles. The first kappa shape index (κ1) is 18.1. The number of methoxy groups -OCH3 is 1. The number of nitrogens with zero attached hydrogens (tertiary/aromatic N) is 3. The smallest absolute Gasteiger partial charge is 0.272 e. The van der Waals surface area contributed by atoms with Gasteiger partial charge in [0.15, 0.2) is 5.69 Å². The number of nitrogens with one attached hydrogen (secondary N) is 1. The fourth-order valence-corrected chi connectivity index (χ4v) is 3.01. The van der Waals surface area contributed by atoms with E-state index in [1.807, 2.05) is 35.2 Å². The highest BCUT2D eigenvalue weighted by molar-refractivity contribution is 5.98. The lowest BCUT2D eigenvalue weighted by Gasteiger charge is -2.20. The largest absolute Gasteiger partial charge is 0.385 e. The fraction of sp³-hybridized carbons (Fsp3) is 0.421. The molecule has 0 aliphatic carbocycles. The summed E-state index contributed by atoms with van der Waals surface area (Å²) in [6.45, 7) is 2.97. The van der Waals surface area contributed by atoms with E-state index in [0.29, 0.717) is 38.5 Å². The van der Waals surface area contributed by atoms with Crippen LogP contribution in [0.15, 0.2) is 36.4 Å². The first-order chi connectivity index (χ1) is 12.7. The van der Waals surface area contributed by atoms with E-state index in [4.69, 9.17) is 4.74 Å². The number of benzene rings is 1. The highest BCUT2D eigenvalue weighted by Gasteiger charge is 2.26. The maximum absolute atomic E-state index is 12.9. The van der Waals surface area contributed by atoms with Crippen molar-refractivity contribution in [3.05, 3.63) is 53.3 Å². The van der Waals surface area contributed by atoms with Gasteiger partial charge in [-0.25, -0.2) is 0 Å². The summed E-state index contributed by atoms with van der Waals surface area (Å²) in [6.07, 6.45) is 1.54. The second-order valence-corrected chi connectivity index (χ2v) is 6.31. The van der Waals surface area contributed by atoms with E-state index in [-0.39, 0.29) is 17.5 Å². The quantitative estimate of drug-likeness (QED) is 0.766. The number of ether oxygens (including phenoxy) is 1. The Morgan fingerprint density at radius 2 is 2.08 bits per heavy atom. The number of rotatable bonds is 7. The summed E-state index contributed by atoms with van der Waals surface area (Å²) >= 11 is 0. The van der Waals surface area contributed by atoms with Gasteiger partial charge in [-0.2, -0.15) is 5.10 Å². The molecule has 1 aliphatic heterocycles. The van der Waals surface area contributed by atoms with Gasteiger partial charge in [-0.3, -0.25) is 14.3 Å². The molecule has 1 aromatic carbocycles. The molecule has 0 bridgehead atoms. The van der Waals surface area contributed by atoms with Crippen LogP contribution in [0.5, 0.6) is 0 Å². The third-order valence-electron chi connectivity index (χ3n) is 4.34. The van der Waals surface area contributed by atoms with E-state index in [9.17, 15) is 9.59 Å². The van der Waals surface area contributed by atoms with Crippen LogP contribution in [0.4, 0.5) is 0 Å². The number of carbonyl (C=O) groups is 2. The SMILES string of the molecule is COCCCNC(=O)c1cc2n(n1)CCCN(Cc1ccccc1)C2=O. The van der Waals surface area contributed by atoms with Crippen LogP contribution in [0.1, 0.15) is 39.4 Å². The zero-order valence-electron chi connectivity index (χ0n) is 15.0. The van der Waals surface area contributed by atoms with Gasteiger partial charge in [0.1, 0.15) is 5.69 Å². The van der Waals surface area contributed by atoms with Crippen LogP contribution >= 0.6 is 0 Å². The third kappa shape index (κ3) is 4.29. The average molecular weight is 356 g/mol. The average Bonchev–Trinajstić information content (AvgIpc) is 3.03. The molecule has 2 amide bonds. The Hall–Kier alpha value is -2.67. The third-order valence-corrected chi connectivity index (χ3v) is 4.34. The van der Waals surface area contributed by atoms with Crippen molar-refractivity contribution >= 4 is 11.8 Å². The van der Waals surface area contributed by atoms with Crippen LogP contribution in [0.25, 0.3) is 0 Å². The van der Waals surface area contributed by atoms with Gasteiger partial charge in [0.25, 0.3) is 11.8 Å². The number of aryl methyl sites for hydroxylation is 1. The van der Waals surface area contributed by atoms with Crippen molar-refractivity contribution in [2.75, 3.05) is 26.8 Å². The molecule has 26 heavy (non-hydrogen) atoms. The Labute approximate surface area is 152 Å². The molecule has 1 N–H and O–H groups in total. The van der Waals surface area contributed by atoms with Crippen LogP contribution in [0, 0.1) is 0 Å². The van der Waals surface area contributed by atoms with E-state index in [2.05, 4.69) is 10.4 Å². The standard InChI is InChI=1S/C19H24N4O3/c1-26-12-5-9-20-18(24)16-13-17-19(25)22(10-6-11-23(17)21-16)14-15-7-3-2-4-8-15/h2-4,7-8,13H,5-6,9-12,14H2,1H3,(H,20,24). The minimum absolute atomic E-state index is 0.0858. The lowest BCUT2D eigenvalue weighted by Crippen LogP contribution is -2.30. The van der Waals surface area contributed by atoms with Gasteiger partial charge in [-0.05, 0) is 18.4 Å². The normalized spacial score (nSPS) is 14.0. The van der Waals surface area contributed by atoms with Crippen molar-refractivity contribution in [3.63, 3.8) is 0 Å². The van der Waals surface area contributed by atoms with Gasteiger partial charge < -0.3 is 15.0 Å². The highest BCUT2D eigenvalue weighted by atomic mass is 16.5. The molecule has 0 atom stereocenters. The zero-order valence-corrected chi connectivity index (χ0v) is 15.0. The molecule has 0 saturated heterocycles. The zero-order chi connectivity index (χ0) is 18.4. The summed E-state index contributed by atoms with van der Waals surface area (Å²) in [5, 5.41) is 7.13. The molecule has 2 heterocycles. The number of fused-ring (bicyclic) bond motifs is 1. The molecule has 138 valence electrons. The number of aromatic nitrogens is 2. The predicted molar refractivity (Wildman–Crippen MR) is 96.9 cm³/mol. The lowest BCUT2D eigenvalue weighted by atomic mass is 10.2.